The van der Waals surface area contributed by atoms with Crippen molar-refractivity contribution in [2.45, 2.75) is 25.9 Å². The molecule has 1 atom stereocenters. The topological polar surface area (TPSA) is 79.4 Å². The minimum absolute atomic E-state index is 0.237. The Morgan fingerprint density at radius 1 is 1.43 bits per heavy atom. The summed E-state index contributed by atoms with van der Waals surface area (Å²) in [6.07, 6.45) is 0.687. The zero-order valence-corrected chi connectivity index (χ0v) is 11.7. The normalized spacial score (nSPS) is 17.2. The number of nitrogens with one attached hydrogen (secondary N) is 2. The number of carbonyl (C=O) groups excluding carboxylic acids is 1. The molecule has 1 aliphatic heterocycles. The molecular formula is C15H16N4O2. The van der Waals surface area contributed by atoms with Crippen LogP contribution in [0, 0.1) is 0 Å². The molecule has 0 fully saturated rings. The Labute approximate surface area is 122 Å². The lowest BCUT2D eigenvalue weighted by Gasteiger charge is -2.06. The van der Waals surface area contributed by atoms with Gasteiger partial charge in [0, 0.05) is 18.2 Å². The molecule has 21 heavy (non-hydrogen) atoms. The van der Waals surface area contributed by atoms with Gasteiger partial charge in [-0.1, -0.05) is 42.4 Å². The fraction of sp³-hybridized carbons (Fsp3) is 0.267. The van der Waals surface area contributed by atoms with Crippen molar-refractivity contribution in [3.05, 3.63) is 47.7 Å². The molecule has 1 aromatic carbocycles. The van der Waals surface area contributed by atoms with E-state index >= 15 is 0 Å². The Hall–Kier alpha value is -2.63. The van der Waals surface area contributed by atoms with Crippen molar-refractivity contribution >= 4 is 17.4 Å². The summed E-state index contributed by atoms with van der Waals surface area (Å²) in [5.74, 6) is 0.271. The van der Waals surface area contributed by atoms with Crippen LogP contribution in [0.1, 0.15) is 24.6 Å². The molecule has 108 valence electrons. The Bertz CT molecular complexity index is 663. The van der Waals surface area contributed by atoms with Crippen LogP contribution in [0.4, 0.5) is 5.82 Å². The van der Waals surface area contributed by atoms with Gasteiger partial charge in [0.15, 0.2) is 5.82 Å². The lowest BCUT2D eigenvalue weighted by Crippen LogP contribution is -2.28. The van der Waals surface area contributed by atoms with Crippen molar-refractivity contribution in [3.63, 3.8) is 0 Å². The predicted octanol–water partition coefficient (Wildman–Crippen LogP) is 2.10. The average molecular weight is 284 g/mol. The summed E-state index contributed by atoms with van der Waals surface area (Å²) in [7, 11) is 0. The maximum Gasteiger partial charge on any atom is 0.269 e. The molecule has 0 saturated carbocycles. The van der Waals surface area contributed by atoms with Gasteiger partial charge in [0.2, 0.25) is 6.10 Å². The number of rotatable bonds is 4. The number of benzene rings is 1. The first kappa shape index (κ1) is 13.4. The van der Waals surface area contributed by atoms with Crippen molar-refractivity contribution < 1.29 is 9.63 Å². The fourth-order valence-corrected chi connectivity index (χ4v) is 2.13. The third-order valence-electron chi connectivity index (χ3n) is 3.33. The summed E-state index contributed by atoms with van der Waals surface area (Å²) in [4.78, 5) is 17.4. The number of hydrogen-bond donors (Lipinski definition) is 2. The molecule has 3 rings (SSSR count). The van der Waals surface area contributed by atoms with Gasteiger partial charge >= 0.3 is 0 Å². The van der Waals surface area contributed by atoms with Gasteiger partial charge in [-0.2, -0.15) is 5.10 Å². The van der Waals surface area contributed by atoms with E-state index in [1.165, 1.54) is 0 Å². The van der Waals surface area contributed by atoms with Crippen molar-refractivity contribution in [2.75, 3.05) is 5.32 Å². The Balaban J connectivity index is 1.61. The van der Waals surface area contributed by atoms with Crippen LogP contribution < -0.4 is 5.32 Å². The van der Waals surface area contributed by atoms with Gasteiger partial charge in [-0.05, 0) is 12.0 Å². The number of oxime groups is 1. The summed E-state index contributed by atoms with van der Waals surface area (Å²) in [5, 5.41) is 13.6. The first-order valence-corrected chi connectivity index (χ1v) is 6.89. The molecule has 0 aliphatic carbocycles. The van der Waals surface area contributed by atoms with Crippen LogP contribution in [-0.2, 0) is 16.1 Å². The maximum atomic E-state index is 12.1. The Morgan fingerprint density at radius 3 is 2.95 bits per heavy atom. The Kier molecular flexibility index (Phi) is 3.68. The lowest BCUT2D eigenvalue weighted by atomic mass is 10.0. The second kappa shape index (κ2) is 5.78. The molecule has 0 bridgehead atoms. The van der Waals surface area contributed by atoms with E-state index in [0.29, 0.717) is 12.2 Å². The predicted molar refractivity (Wildman–Crippen MR) is 79.1 cm³/mol. The number of nitrogens with zero attached hydrogens (tertiary/aromatic N) is 2. The Morgan fingerprint density at radius 2 is 2.24 bits per heavy atom. The molecule has 6 nitrogen and oxygen atoms in total. The molecule has 2 N–H and O–H groups in total. The summed E-state index contributed by atoms with van der Waals surface area (Å²) < 4.78 is 0. The largest absolute Gasteiger partial charge is 0.382 e. The molecule has 2 aromatic rings. The van der Waals surface area contributed by atoms with Crippen LogP contribution in [-0.4, -0.2) is 27.9 Å². The van der Waals surface area contributed by atoms with Gasteiger partial charge in [-0.15, -0.1) is 0 Å². The molecule has 0 radical (unpaired) electrons. The summed E-state index contributed by atoms with van der Waals surface area (Å²) in [5.41, 5.74) is 2.73. The van der Waals surface area contributed by atoms with E-state index in [2.05, 4.69) is 20.7 Å². The average Bonchev–Trinajstić information content (AvgIpc) is 3.17. The number of aromatic nitrogens is 2. The first-order valence-electron chi connectivity index (χ1n) is 6.89. The third-order valence-corrected chi connectivity index (χ3v) is 3.33. The second-order valence-electron chi connectivity index (χ2n) is 4.82. The number of aromatic amines is 1. The van der Waals surface area contributed by atoms with Gasteiger partial charge in [-0.3, -0.25) is 9.89 Å². The maximum absolute atomic E-state index is 12.1. The zero-order chi connectivity index (χ0) is 14.7. The van der Waals surface area contributed by atoms with E-state index in [1.807, 2.05) is 43.3 Å². The van der Waals surface area contributed by atoms with Crippen molar-refractivity contribution in [2.24, 2.45) is 5.16 Å². The fourth-order valence-electron chi connectivity index (χ4n) is 2.13. The van der Waals surface area contributed by atoms with Crippen LogP contribution in [0.5, 0.6) is 0 Å². The molecule has 1 amide bonds. The standard InChI is InChI=1S/C15H16N4O2/c1-2-11-8-14(18-17-11)16-15(20)13-9-12(19-21-13)10-6-4-3-5-7-10/h3-8,13H,2,9H2,1H3,(H2,16,17,18,20). The smallest absolute Gasteiger partial charge is 0.269 e. The summed E-state index contributed by atoms with van der Waals surface area (Å²) in [6.45, 7) is 2.01. The summed E-state index contributed by atoms with van der Waals surface area (Å²) in [6, 6.07) is 11.5. The highest BCUT2D eigenvalue weighted by atomic mass is 16.6. The highest BCUT2D eigenvalue weighted by Gasteiger charge is 2.29. The van der Waals surface area contributed by atoms with E-state index in [4.69, 9.17) is 4.84 Å². The number of H-pyrrole nitrogens is 1. The number of anilines is 1. The van der Waals surface area contributed by atoms with Crippen LogP contribution in [0.2, 0.25) is 0 Å². The van der Waals surface area contributed by atoms with Gasteiger partial charge in [0.25, 0.3) is 5.91 Å². The van der Waals surface area contributed by atoms with Crippen LogP contribution in [0.25, 0.3) is 0 Å². The zero-order valence-electron chi connectivity index (χ0n) is 11.7. The van der Waals surface area contributed by atoms with Gasteiger partial charge in [-0.25, -0.2) is 0 Å². The SMILES string of the molecule is CCc1cc(NC(=O)C2CC(c3ccccc3)=NO2)n[nH]1. The van der Waals surface area contributed by atoms with Crippen molar-refractivity contribution in [3.8, 4) is 0 Å². The number of hydrogen-bond acceptors (Lipinski definition) is 4. The molecule has 0 spiro atoms. The van der Waals surface area contributed by atoms with Crippen LogP contribution in [0.3, 0.4) is 0 Å². The minimum Gasteiger partial charge on any atom is -0.382 e. The van der Waals surface area contributed by atoms with Crippen molar-refractivity contribution in [1.29, 1.82) is 0 Å². The monoisotopic (exact) mass is 284 g/mol. The quantitative estimate of drug-likeness (QED) is 0.902. The van der Waals surface area contributed by atoms with E-state index in [0.717, 1.165) is 23.4 Å². The third kappa shape index (κ3) is 2.94. The van der Waals surface area contributed by atoms with Crippen LogP contribution >= 0.6 is 0 Å². The summed E-state index contributed by atoms with van der Waals surface area (Å²) >= 11 is 0. The first-order chi connectivity index (χ1) is 10.3. The van der Waals surface area contributed by atoms with E-state index < -0.39 is 6.10 Å². The van der Waals surface area contributed by atoms with Gasteiger partial charge in [0.1, 0.15) is 0 Å². The molecule has 1 aliphatic rings. The van der Waals surface area contributed by atoms with E-state index in [9.17, 15) is 4.79 Å². The molecule has 1 aromatic heterocycles. The van der Waals surface area contributed by atoms with E-state index in [-0.39, 0.29) is 5.91 Å². The second-order valence-corrected chi connectivity index (χ2v) is 4.82. The highest BCUT2D eigenvalue weighted by Crippen LogP contribution is 2.18. The molecular weight excluding hydrogens is 268 g/mol. The number of aryl methyl sites for hydroxylation is 1. The van der Waals surface area contributed by atoms with E-state index in [1.54, 1.807) is 0 Å². The van der Waals surface area contributed by atoms with Crippen molar-refractivity contribution in [1.82, 2.24) is 10.2 Å². The number of carbonyl (C=O) groups is 1. The highest BCUT2D eigenvalue weighted by molar-refractivity contribution is 6.05. The molecule has 2 heterocycles. The molecule has 1 unspecified atom stereocenters. The minimum atomic E-state index is -0.609. The molecule has 6 heteroatoms. The van der Waals surface area contributed by atoms with Gasteiger partial charge < -0.3 is 10.2 Å². The lowest BCUT2D eigenvalue weighted by molar-refractivity contribution is -0.125. The molecule has 0 saturated heterocycles. The van der Waals surface area contributed by atoms with Gasteiger partial charge in [0.05, 0.1) is 5.71 Å². The van der Waals surface area contributed by atoms with Crippen LogP contribution in [0.15, 0.2) is 41.6 Å². The number of amides is 1.